The van der Waals surface area contributed by atoms with E-state index < -0.39 is 0 Å². The zero-order valence-electron chi connectivity index (χ0n) is 14.2. The Morgan fingerprint density at radius 3 is 2.84 bits per heavy atom. The molecule has 7 heteroatoms. The molecule has 6 nitrogen and oxygen atoms in total. The van der Waals surface area contributed by atoms with Gasteiger partial charge in [0.1, 0.15) is 0 Å². The molecule has 0 unspecified atom stereocenters. The van der Waals surface area contributed by atoms with Crippen LogP contribution in [0.15, 0.2) is 16.8 Å². The van der Waals surface area contributed by atoms with Crippen LogP contribution in [-0.2, 0) is 14.3 Å². The standard InChI is InChI=1S/C18H24N2O4S/c21-17(19-9-12-1-5-23-6-2-12)14-10-20(15-3-7-24-16(14)15)18(22)13-4-8-25-11-13/h4,8,11-12,14-16H,1-3,5-7,9-10H2,(H,19,21)/t14-,15+,16+/m1/s1. The number of ether oxygens (including phenoxy) is 2. The van der Waals surface area contributed by atoms with E-state index >= 15 is 0 Å². The molecular formula is C18H24N2O4S. The molecule has 0 bridgehead atoms. The third kappa shape index (κ3) is 3.45. The minimum atomic E-state index is -0.269. The average molecular weight is 364 g/mol. The molecule has 1 aromatic heterocycles. The molecule has 0 spiro atoms. The lowest BCUT2D eigenvalue weighted by molar-refractivity contribution is -0.128. The van der Waals surface area contributed by atoms with Crippen molar-refractivity contribution in [2.45, 2.75) is 31.4 Å². The normalized spacial score (nSPS) is 29.6. The van der Waals surface area contributed by atoms with Crippen molar-refractivity contribution in [2.24, 2.45) is 11.8 Å². The zero-order valence-corrected chi connectivity index (χ0v) is 15.0. The van der Waals surface area contributed by atoms with Gasteiger partial charge in [0, 0.05) is 38.3 Å². The first-order valence-electron chi connectivity index (χ1n) is 9.04. The van der Waals surface area contributed by atoms with E-state index in [2.05, 4.69) is 5.32 Å². The molecule has 1 N–H and O–H groups in total. The smallest absolute Gasteiger partial charge is 0.255 e. The predicted molar refractivity (Wildman–Crippen MR) is 93.5 cm³/mol. The highest BCUT2D eigenvalue weighted by atomic mass is 32.1. The molecule has 3 aliphatic heterocycles. The molecule has 25 heavy (non-hydrogen) atoms. The Bertz CT molecular complexity index is 615. The number of nitrogens with zero attached hydrogens (tertiary/aromatic N) is 1. The van der Waals surface area contributed by atoms with E-state index in [-0.39, 0.29) is 29.9 Å². The summed E-state index contributed by atoms with van der Waals surface area (Å²) in [5.41, 5.74) is 0.707. The maximum absolute atomic E-state index is 12.8. The van der Waals surface area contributed by atoms with Crippen molar-refractivity contribution in [2.75, 3.05) is 32.9 Å². The van der Waals surface area contributed by atoms with E-state index in [1.165, 1.54) is 11.3 Å². The lowest BCUT2D eigenvalue weighted by Gasteiger charge is -2.23. The molecule has 0 aromatic carbocycles. The first-order valence-corrected chi connectivity index (χ1v) is 9.98. The summed E-state index contributed by atoms with van der Waals surface area (Å²) in [7, 11) is 0. The minimum absolute atomic E-state index is 0.0153. The van der Waals surface area contributed by atoms with Crippen molar-refractivity contribution in [3.63, 3.8) is 0 Å². The van der Waals surface area contributed by atoms with E-state index in [9.17, 15) is 9.59 Å². The summed E-state index contributed by atoms with van der Waals surface area (Å²) in [4.78, 5) is 27.3. The van der Waals surface area contributed by atoms with Crippen molar-refractivity contribution >= 4 is 23.2 Å². The van der Waals surface area contributed by atoms with Crippen LogP contribution in [-0.4, -0.2) is 61.8 Å². The van der Waals surface area contributed by atoms with Gasteiger partial charge in [-0.2, -0.15) is 11.3 Å². The van der Waals surface area contributed by atoms with Gasteiger partial charge >= 0.3 is 0 Å². The van der Waals surface area contributed by atoms with Crippen LogP contribution in [0.3, 0.4) is 0 Å². The lowest BCUT2D eigenvalue weighted by atomic mass is 9.98. The Morgan fingerprint density at radius 1 is 1.24 bits per heavy atom. The molecule has 0 saturated carbocycles. The number of carbonyl (C=O) groups excluding carboxylic acids is 2. The number of likely N-dealkylation sites (tertiary alicyclic amines) is 1. The maximum Gasteiger partial charge on any atom is 0.255 e. The largest absolute Gasteiger partial charge is 0.381 e. The minimum Gasteiger partial charge on any atom is -0.381 e. The van der Waals surface area contributed by atoms with Crippen LogP contribution in [0.5, 0.6) is 0 Å². The molecule has 3 saturated heterocycles. The van der Waals surface area contributed by atoms with Gasteiger partial charge in [-0.15, -0.1) is 0 Å². The fourth-order valence-electron chi connectivity index (χ4n) is 4.11. The van der Waals surface area contributed by atoms with Gasteiger partial charge in [-0.1, -0.05) is 0 Å². The summed E-state index contributed by atoms with van der Waals surface area (Å²) in [6, 6.07) is 1.86. The van der Waals surface area contributed by atoms with E-state index in [0.717, 1.165) is 32.5 Å². The van der Waals surface area contributed by atoms with Crippen molar-refractivity contribution < 1.29 is 19.1 Å². The summed E-state index contributed by atoms with van der Waals surface area (Å²) in [6.07, 6.45) is 2.63. The Labute approximate surface area is 151 Å². The monoisotopic (exact) mass is 364 g/mol. The number of carbonyl (C=O) groups is 2. The molecule has 4 rings (SSSR count). The lowest BCUT2D eigenvalue weighted by Crippen LogP contribution is -2.40. The highest BCUT2D eigenvalue weighted by Gasteiger charge is 2.50. The van der Waals surface area contributed by atoms with Gasteiger partial charge < -0.3 is 19.7 Å². The van der Waals surface area contributed by atoms with E-state index in [1.54, 1.807) is 0 Å². The van der Waals surface area contributed by atoms with Gasteiger partial charge in [-0.25, -0.2) is 0 Å². The molecule has 3 fully saturated rings. The topological polar surface area (TPSA) is 67.9 Å². The second-order valence-corrected chi connectivity index (χ2v) is 7.85. The van der Waals surface area contributed by atoms with Crippen LogP contribution >= 0.6 is 11.3 Å². The first-order chi connectivity index (χ1) is 12.2. The molecular weight excluding hydrogens is 340 g/mol. The fourth-order valence-corrected chi connectivity index (χ4v) is 4.74. The summed E-state index contributed by atoms with van der Waals surface area (Å²) >= 11 is 1.51. The van der Waals surface area contributed by atoms with E-state index in [4.69, 9.17) is 9.47 Å². The first kappa shape index (κ1) is 17.0. The van der Waals surface area contributed by atoms with Crippen LogP contribution in [0.25, 0.3) is 0 Å². The number of fused-ring (bicyclic) bond motifs is 1. The molecule has 3 aliphatic rings. The summed E-state index contributed by atoms with van der Waals surface area (Å²) in [6.45, 7) is 3.31. The number of amides is 2. The molecule has 0 aliphatic carbocycles. The van der Waals surface area contributed by atoms with Crippen LogP contribution in [0.2, 0.25) is 0 Å². The third-order valence-electron chi connectivity index (χ3n) is 5.57. The average Bonchev–Trinajstić information content (AvgIpc) is 3.36. The van der Waals surface area contributed by atoms with Crippen LogP contribution < -0.4 is 5.32 Å². The molecule has 1 aromatic rings. The van der Waals surface area contributed by atoms with Crippen molar-refractivity contribution in [1.82, 2.24) is 10.2 Å². The highest BCUT2D eigenvalue weighted by molar-refractivity contribution is 7.08. The number of hydrogen-bond acceptors (Lipinski definition) is 5. The SMILES string of the molecule is O=C(NCC1CCOCC1)[C@@H]1CN(C(=O)c2ccsc2)[C@H]2CCO[C@@H]12. The maximum atomic E-state index is 12.8. The van der Waals surface area contributed by atoms with Crippen molar-refractivity contribution in [3.05, 3.63) is 22.4 Å². The third-order valence-corrected chi connectivity index (χ3v) is 6.25. The van der Waals surface area contributed by atoms with Crippen LogP contribution in [0, 0.1) is 11.8 Å². The van der Waals surface area contributed by atoms with Crippen LogP contribution in [0.1, 0.15) is 29.6 Å². The molecule has 2 amide bonds. The number of nitrogens with one attached hydrogen (secondary N) is 1. The van der Waals surface area contributed by atoms with E-state index in [1.807, 2.05) is 21.7 Å². The Hall–Kier alpha value is -1.44. The molecule has 136 valence electrons. The van der Waals surface area contributed by atoms with E-state index in [0.29, 0.717) is 31.2 Å². The van der Waals surface area contributed by atoms with Gasteiger partial charge in [-0.05, 0) is 36.6 Å². The molecule has 3 atom stereocenters. The fraction of sp³-hybridized carbons (Fsp3) is 0.667. The van der Waals surface area contributed by atoms with Gasteiger partial charge in [0.2, 0.25) is 5.91 Å². The number of hydrogen-bond donors (Lipinski definition) is 1. The summed E-state index contributed by atoms with van der Waals surface area (Å²) in [5, 5.41) is 6.86. The van der Waals surface area contributed by atoms with Gasteiger partial charge in [0.05, 0.1) is 23.6 Å². The number of rotatable bonds is 4. The summed E-state index contributed by atoms with van der Waals surface area (Å²) in [5.74, 6) is 0.253. The second-order valence-electron chi connectivity index (χ2n) is 7.07. The second kappa shape index (κ2) is 7.43. The van der Waals surface area contributed by atoms with Crippen molar-refractivity contribution in [3.8, 4) is 0 Å². The quantitative estimate of drug-likeness (QED) is 0.880. The Balaban J connectivity index is 1.39. The number of thiophene rings is 1. The van der Waals surface area contributed by atoms with Gasteiger partial charge in [0.25, 0.3) is 5.91 Å². The molecule has 0 radical (unpaired) electrons. The van der Waals surface area contributed by atoms with Crippen molar-refractivity contribution in [1.29, 1.82) is 0 Å². The van der Waals surface area contributed by atoms with Crippen LogP contribution in [0.4, 0.5) is 0 Å². The molecule has 4 heterocycles. The Morgan fingerprint density at radius 2 is 2.08 bits per heavy atom. The zero-order chi connectivity index (χ0) is 17.2. The van der Waals surface area contributed by atoms with Gasteiger partial charge in [0.15, 0.2) is 0 Å². The Kier molecular flexibility index (Phi) is 5.05. The highest BCUT2D eigenvalue weighted by Crippen LogP contribution is 2.34. The summed E-state index contributed by atoms with van der Waals surface area (Å²) < 4.78 is 11.2. The van der Waals surface area contributed by atoms with Gasteiger partial charge in [-0.3, -0.25) is 9.59 Å². The predicted octanol–water partition coefficient (Wildman–Crippen LogP) is 1.52.